The molecule has 0 aromatic carbocycles. The lowest BCUT2D eigenvalue weighted by molar-refractivity contribution is 0.0162. The molecule has 0 spiro atoms. The molecule has 0 bridgehead atoms. The summed E-state index contributed by atoms with van der Waals surface area (Å²) in [5.41, 5.74) is 0.307. The lowest BCUT2D eigenvalue weighted by atomic mass is 9.69. The Hall–Kier alpha value is -0.220. The third-order valence-electron chi connectivity index (χ3n) is 3.78. The molecule has 0 radical (unpaired) electrons. The minimum Gasteiger partial charge on any atom is -0.374 e. The molecule has 0 aromatic rings. The largest absolute Gasteiger partial charge is 0.374 e. The number of halogens is 2. The van der Waals surface area contributed by atoms with Crippen LogP contribution >= 0.6 is 0 Å². The van der Waals surface area contributed by atoms with E-state index in [1.807, 2.05) is 0 Å². The molecule has 0 aromatic heterocycles. The second-order valence-corrected chi connectivity index (χ2v) is 6.28. The summed E-state index contributed by atoms with van der Waals surface area (Å²) in [7, 11) is 0. The van der Waals surface area contributed by atoms with Gasteiger partial charge in [-0.15, -0.1) is 0 Å². The number of hydrogen-bond donors (Lipinski definition) is 1. The first-order chi connectivity index (χ1) is 8.41. The molecule has 1 saturated carbocycles. The third kappa shape index (κ3) is 5.61. The smallest absolute Gasteiger partial charge is 0.261 e. The molecule has 1 fully saturated rings. The van der Waals surface area contributed by atoms with Crippen molar-refractivity contribution in [2.45, 2.75) is 58.9 Å². The molecule has 1 aliphatic carbocycles. The van der Waals surface area contributed by atoms with Crippen LogP contribution in [0.25, 0.3) is 0 Å². The van der Waals surface area contributed by atoms with Crippen LogP contribution in [-0.2, 0) is 4.74 Å². The molecule has 18 heavy (non-hydrogen) atoms. The average molecular weight is 263 g/mol. The summed E-state index contributed by atoms with van der Waals surface area (Å²) in [6, 6.07) is 0.508. The first-order valence-electron chi connectivity index (χ1n) is 7.00. The molecule has 0 heterocycles. The van der Waals surface area contributed by atoms with Crippen LogP contribution in [0, 0.1) is 11.3 Å². The summed E-state index contributed by atoms with van der Waals surface area (Å²) in [5.74, 6) is 0.668. The predicted octanol–water partition coefficient (Wildman–Crippen LogP) is 3.46. The topological polar surface area (TPSA) is 21.3 Å². The van der Waals surface area contributed by atoms with Gasteiger partial charge in [-0.05, 0) is 24.2 Å². The van der Waals surface area contributed by atoms with E-state index in [9.17, 15) is 8.78 Å². The molecule has 108 valence electrons. The number of rotatable bonds is 6. The Morgan fingerprint density at radius 3 is 2.50 bits per heavy atom. The van der Waals surface area contributed by atoms with E-state index in [2.05, 4.69) is 26.1 Å². The van der Waals surface area contributed by atoms with Crippen molar-refractivity contribution in [3.05, 3.63) is 0 Å². The fourth-order valence-electron chi connectivity index (χ4n) is 2.90. The van der Waals surface area contributed by atoms with Crippen molar-refractivity contribution >= 4 is 0 Å². The van der Waals surface area contributed by atoms with Gasteiger partial charge in [0.1, 0.15) is 6.61 Å². The fourth-order valence-corrected chi connectivity index (χ4v) is 2.90. The van der Waals surface area contributed by atoms with Crippen molar-refractivity contribution in [1.82, 2.24) is 5.32 Å². The van der Waals surface area contributed by atoms with Gasteiger partial charge in [0.05, 0.1) is 6.61 Å². The molecule has 2 atom stereocenters. The molecule has 2 nitrogen and oxygen atoms in total. The minimum atomic E-state index is -2.36. The Labute approximate surface area is 109 Å². The zero-order chi connectivity index (χ0) is 13.6. The molecule has 4 heteroatoms. The van der Waals surface area contributed by atoms with E-state index in [0.717, 1.165) is 0 Å². The van der Waals surface area contributed by atoms with Crippen LogP contribution in [0.4, 0.5) is 8.78 Å². The van der Waals surface area contributed by atoms with Crippen molar-refractivity contribution in [3.8, 4) is 0 Å². The molecule has 1 N–H and O–H groups in total. The molecule has 0 aliphatic heterocycles. The van der Waals surface area contributed by atoms with Gasteiger partial charge in [-0.2, -0.15) is 0 Å². The van der Waals surface area contributed by atoms with Crippen LogP contribution in [0.5, 0.6) is 0 Å². The van der Waals surface area contributed by atoms with Gasteiger partial charge < -0.3 is 10.1 Å². The van der Waals surface area contributed by atoms with E-state index in [0.29, 0.717) is 30.5 Å². The number of alkyl halides is 2. The van der Waals surface area contributed by atoms with E-state index >= 15 is 0 Å². The molecular formula is C14H27F2NO. The molecule has 2 unspecified atom stereocenters. The molecule has 1 rings (SSSR count). The van der Waals surface area contributed by atoms with Crippen molar-refractivity contribution < 1.29 is 13.5 Å². The van der Waals surface area contributed by atoms with Crippen LogP contribution in [0.2, 0.25) is 0 Å². The minimum absolute atomic E-state index is 0.307. The normalized spacial score (nSPS) is 25.7. The first-order valence-corrected chi connectivity index (χ1v) is 7.00. The van der Waals surface area contributed by atoms with E-state index in [1.165, 1.54) is 25.7 Å². The van der Waals surface area contributed by atoms with Crippen molar-refractivity contribution in [2.75, 3.05) is 19.8 Å². The van der Waals surface area contributed by atoms with E-state index in [4.69, 9.17) is 4.74 Å². The maximum Gasteiger partial charge on any atom is 0.261 e. The van der Waals surface area contributed by atoms with Gasteiger partial charge in [0, 0.05) is 12.6 Å². The highest BCUT2D eigenvalue weighted by atomic mass is 19.3. The second-order valence-electron chi connectivity index (χ2n) is 6.28. The summed E-state index contributed by atoms with van der Waals surface area (Å²) in [6.07, 6.45) is 2.67. The van der Waals surface area contributed by atoms with E-state index in [-0.39, 0.29) is 0 Å². The summed E-state index contributed by atoms with van der Waals surface area (Å²) in [6.45, 7) is 7.44. The second kappa shape index (κ2) is 7.39. The fraction of sp³-hybridized carbons (Fsp3) is 1.00. The van der Waals surface area contributed by atoms with Gasteiger partial charge >= 0.3 is 0 Å². The highest BCUT2D eigenvalue weighted by Crippen LogP contribution is 2.37. The Morgan fingerprint density at radius 1 is 1.22 bits per heavy atom. The van der Waals surface area contributed by atoms with Gasteiger partial charge in [-0.3, -0.25) is 0 Å². The summed E-state index contributed by atoms with van der Waals surface area (Å²) >= 11 is 0. The standard InChI is InChI=1S/C14H27F2NO/c1-14(2,3)11-6-4-5-7-12(11)17-8-9-18-10-13(15)16/h11-13,17H,4-10H2,1-3H3. The number of ether oxygens (including phenoxy) is 1. The molecular weight excluding hydrogens is 236 g/mol. The quantitative estimate of drug-likeness (QED) is 0.741. The summed E-state index contributed by atoms with van der Waals surface area (Å²) in [5, 5.41) is 3.48. The Kier molecular flexibility index (Phi) is 6.50. The third-order valence-corrected chi connectivity index (χ3v) is 3.78. The Morgan fingerprint density at radius 2 is 1.89 bits per heavy atom. The first kappa shape index (κ1) is 15.8. The SMILES string of the molecule is CC(C)(C)C1CCCCC1NCCOCC(F)F. The maximum atomic E-state index is 11.9. The van der Waals surface area contributed by atoms with Crippen LogP contribution < -0.4 is 5.32 Å². The molecule has 0 amide bonds. The summed E-state index contributed by atoms with van der Waals surface area (Å²) < 4.78 is 28.7. The predicted molar refractivity (Wildman–Crippen MR) is 70.0 cm³/mol. The number of hydrogen-bond acceptors (Lipinski definition) is 2. The van der Waals surface area contributed by atoms with Crippen molar-refractivity contribution in [2.24, 2.45) is 11.3 Å². The van der Waals surface area contributed by atoms with E-state index < -0.39 is 13.0 Å². The zero-order valence-electron chi connectivity index (χ0n) is 11.8. The lowest BCUT2D eigenvalue weighted by Crippen LogP contribution is -2.45. The van der Waals surface area contributed by atoms with Gasteiger partial charge in [0.25, 0.3) is 6.43 Å². The van der Waals surface area contributed by atoms with Gasteiger partial charge in [-0.1, -0.05) is 33.6 Å². The van der Waals surface area contributed by atoms with Crippen molar-refractivity contribution in [3.63, 3.8) is 0 Å². The maximum absolute atomic E-state index is 11.9. The Balaban J connectivity index is 2.26. The van der Waals surface area contributed by atoms with Crippen LogP contribution in [0.1, 0.15) is 46.5 Å². The van der Waals surface area contributed by atoms with Gasteiger partial charge in [0.2, 0.25) is 0 Å². The van der Waals surface area contributed by atoms with Crippen LogP contribution in [0.3, 0.4) is 0 Å². The van der Waals surface area contributed by atoms with E-state index in [1.54, 1.807) is 0 Å². The average Bonchev–Trinajstić information content (AvgIpc) is 2.27. The van der Waals surface area contributed by atoms with Crippen LogP contribution in [-0.4, -0.2) is 32.2 Å². The molecule has 1 aliphatic rings. The van der Waals surface area contributed by atoms with Gasteiger partial charge in [-0.25, -0.2) is 8.78 Å². The summed E-state index contributed by atoms with van der Waals surface area (Å²) in [4.78, 5) is 0. The monoisotopic (exact) mass is 263 g/mol. The van der Waals surface area contributed by atoms with Crippen LogP contribution in [0.15, 0.2) is 0 Å². The highest BCUT2D eigenvalue weighted by Gasteiger charge is 2.33. The zero-order valence-corrected chi connectivity index (χ0v) is 11.8. The lowest BCUT2D eigenvalue weighted by Gasteiger charge is -2.41. The molecule has 0 saturated heterocycles. The van der Waals surface area contributed by atoms with Crippen molar-refractivity contribution in [1.29, 1.82) is 0 Å². The van der Waals surface area contributed by atoms with Gasteiger partial charge in [0.15, 0.2) is 0 Å². The Bertz CT molecular complexity index is 228. The highest BCUT2D eigenvalue weighted by molar-refractivity contribution is 4.88. The number of nitrogens with one attached hydrogen (secondary N) is 1.